The molecule has 0 aliphatic heterocycles. The highest BCUT2D eigenvalue weighted by Crippen LogP contribution is 2.49. The van der Waals surface area contributed by atoms with E-state index in [9.17, 15) is 0 Å². The third-order valence-electron chi connectivity index (χ3n) is 23.0. The normalized spacial score (nSPS) is 12.0. The van der Waals surface area contributed by atoms with Crippen molar-refractivity contribution in [2.75, 3.05) is 0 Å². The zero-order valence-corrected chi connectivity index (χ0v) is 71.2. The first-order valence-electron chi connectivity index (χ1n) is 38.4. The van der Waals surface area contributed by atoms with E-state index in [0.29, 0.717) is 0 Å². The van der Waals surface area contributed by atoms with Crippen molar-refractivity contribution >= 4 is 299 Å². The van der Waals surface area contributed by atoms with Crippen LogP contribution in [0.1, 0.15) is 0 Å². The molecule has 0 atom stereocenters. The predicted octanol–water partition coefficient (Wildman–Crippen LogP) is 34.0. The Morgan fingerprint density at radius 2 is 0.569 bits per heavy atom. The van der Waals surface area contributed by atoms with Gasteiger partial charge >= 0.3 is 0 Å². The maximum atomic E-state index is 3.73. The van der Waals surface area contributed by atoms with Crippen LogP contribution in [0.4, 0.5) is 0 Å². The summed E-state index contributed by atoms with van der Waals surface area (Å²) in [6.07, 6.45) is 0. The molecule has 0 unspecified atom stereocenters. The molecule has 0 fully saturated rings. The van der Waals surface area contributed by atoms with Crippen LogP contribution in [0.2, 0.25) is 0 Å². The van der Waals surface area contributed by atoms with E-state index in [-0.39, 0.29) is 0 Å². The number of thiophene rings is 4. The number of fused-ring (bicyclic) bond motifs is 30. The maximum absolute atomic E-state index is 3.73. The highest BCUT2D eigenvalue weighted by Gasteiger charge is 2.24. The Morgan fingerprint density at radius 3 is 1.20 bits per heavy atom. The monoisotopic (exact) mass is 1810 g/mol. The molecule has 8 aromatic heterocycles. The van der Waals surface area contributed by atoms with Crippen LogP contribution in [-0.2, 0) is 0 Å². The van der Waals surface area contributed by atoms with Crippen molar-refractivity contribution in [3.05, 3.63) is 382 Å². The van der Waals surface area contributed by atoms with Gasteiger partial charge in [0.15, 0.2) is 0 Å². The van der Waals surface area contributed by atoms with Crippen LogP contribution in [0.15, 0.2) is 382 Å². The molecule has 0 aliphatic carbocycles. The molecule has 0 amide bonds. The van der Waals surface area contributed by atoms with Gasteiger partial charge in [0, 0.05) is 160 Å². The fourth-order valence-electron chi connectivity index (χ4n) is 18.0. The quantitative estimate of drug-likeness (QED) is 0.157. The minimum absolute atomic E-state index is 1.09. The second-order valence-corrected chi connectivity index (χ2v) is 37.4. The van der Waals surface area contributed by atoms with E-state index in [1.54, 1.807) is 0 Å². The van der Waals surface area contributed by atoms with Gasteiger partial charge in [-0.15, -0.1) is 45.3 Å². The number of halogens is 4. The van der Waals surface area contributed by atoms with Gasteiger partial charge < -0.3 is 18.3 Å². The fourth-order valence-corrected chi connectivity index (χ4v) is 24.0. The Hall–Kier alpha value is -11.5. The van der Waals surface area contributed by atoms with E-state index < -0.39 is 0 Å². The number of rotatable bonds is 4. The van der Waals surface area contributed by atoms with Crippen molar-refractivity contribution in [1.29, 1.82) is 0 Å². The molecule has 0 bridgehead atoms. The second-order valence-electron chi connectivity index (χ2n) is 29.4. The number of nitrogens with zero attached hydrogens (tertiary/aromatic N) is 4. The van der Waals surface area contributed by atoms with E-state index in [1.807, 2.05) is 45.3 Å². The van der Waals surface area contributed by atoms with Crippen molar-refractivity contribution in [3.8, 4) is 22.7 Å². The number of para-hydroxylation sites is 3. The summed E-state index contributed by atoms with van der Waals surface area (Å²) in [7, 11) is 0. The lowest BCUT2D eigenvalue weighted by Crippen LogP contribution is -1.94. The van der Waals surface area contributed by atoms with Gasteiger partial charge in [0.1, 0.15) is 0 Å². The van der Waals surface area contributed by atoms with Gasteiger partial charge in [-0.3, -0.25) is 0 Å². The summed E-state index contributed by atoms with van der Waals surface area (Å²) in [5.74, 6) is 0. The third kappa shape index (κ3) is 11.4. The third-order valence-corrected chi connectivity index (χ3v) is 29.5. The summed E-state index contributed by atoms with van der Waals surface area (Å²) in [6, 6.07) is 132. The lowest BCUT2D eigenvalue weighted by molar-refractivity contribution is 1.18. The Kier molecular flexibility index (Phi) is 17.0. The minimum atomic E-state index is 1.09. The summed E-state index contributed by atoms with van der Waals surface area (Å²) < 4.78 is 24.7. The molecule has 26 aromatic rings. The van der Waals surface area contributed by atoms with Crippen LogP contribution < -0.4 is 0 Å². The van der Waals surface area contributed by atoms with Gasteiger partial charge in [0.25, 0.3) is 0 Å². The molecule has 548 valence electrons. The zero-order valence-electron chi connectivity index (χ0n) is 61.6. The predicted molar refractivity (Wildman–Crippen MR) is 520 cm³/mol. The Balaban J connectivity index is 0.0000000918. The van der Waals surface area contributed by atoms with Crippen LogP contribution >= 0.6 is 109 Å². The van der Waals surface area contributed by atoms with Crippen molar-refractivity contribution in [1.82, 2.24) is 18.3 Å². The first kappa shape index (κ1) is 69.9. The van der Waals surface area contributed by atoms with Crippen LogP contribution in [0.3, 0.4) is 0 Å². The highest BCUT2D eigenvalue weighted by atomic mass is 79.9. The molecule has 0 radical (unpaired) electrons. The molecule has 12 heteroatoms. The maximum Gasteiger partial charge on any atom is 0.0719 e. The molecule has 0 saturated heterocycles. The Labute approximate surface area is 714 Å². The Morgan fingerprint density at radius 1 is 0.172 bits per heavy atom. The molecule has 18 aromatic carbocycles. The van der Waals surface area contributed by atoms with Crippen molar-refractivity contribution < 1.29 is 0 Å². The Bertz CT molecular complexity index is 8540. The number of benzene rings is 18. The fraction of sp³-hybridized carbons (Fsp3) is 0. The molecule has 116 heavy (non-hydrogen) atoms. The van der Waals surface area contributed by atoms with Crippen molar-refractivity contribution in [2.24, 2.45) is 0 Å². The highest BCUT2D eigenvalue weighted by molar-refractivity contribution is 9.11. The van der Waals surface area contributed by atoms with Crippen LogP contribution in [0.25, 0.3) is 212 Å². The first-order valence-corrected chi connectivity index (χ1v) is 44.9. The van der Waals surface area contributed by atoms with Crippen LogP contribution in [0.5, 0.6) is 0 Å². The number of hydrogen-bond acceptors (Lipinski definition) is 4. The average molecular weight is 1810 g/mol. The minimum Gasteiger partial charge on any atom is -0.309 e. The van der Waals surface area contributed by atoms with Gasteiger partial charge in [-0.1, -0.05) is 258 Å². The van der Waals surface area contributed by atoms with E-state index in [2.05, 4.69) is 446 Å². The summed E-state index contributed by atoms with van der Waals surface area (Å²) in [6.45, 7) is 0. The summed E-state index contributed by atoms with van der Waals surface area (Å²) >= 11 is 22.2. The molecule has 8 heterocycles. The lowest BCUT2D eigenvalue weighted by atomic mass is 10.0. The van der Waals surface area contributed by atoms with Gasteiger partial charge in [0.05, 0.1) is 48.8 Å². The molecule has 0 spiro atoms. The molecule has 0 saturated carbocycles. The molecular weight excluding hydrogens is 1750 g/mol. The van der Waals surface area contributed by atoms with Gasteiger partial charge in [0.2, 0.25) is 0 Å². The average Bonchev–Trinajstić information content (AvgIpc) is 1.57. The standard InChI is InChI=1S/C32H18BrNS.3C24H14BrNS/c33-21-11-13-25-28(18-21)34(22-12-14-24-20(17-22)10-9-19-5-1-2-6-23(19)24)27-15-16-30-32(31(25)27)26-7-3-4-8-29(26)35-30;25-15-10-13-21-20(14-15)18-11-12-19-17-8-4-5-9-22(17)27-24(19)23(18)26(21)16-6-2-1-3-7-16;25-15-10-11-17-19-13-20-18-8-4-5-9-23(18)27-24(20)14-22(19)26(21(17)12-15)16-6-2-1-3-7-16;25-15-10-11-19-18(14-15)23-20(26(19)16-6-2-1-3-7-16)12-13-22-24(23)17-8-4-5-9-21(17)27-22/h1-18H;3*1-14H. The van der Waals surface area contributed by atoms with Gasteiger partial charge in [-0.2, -0.15) is 0 Å². The molecule has 0 N–H and O–H groups in total. The molecule has 26 rings (SSSR count). The summed E-state index contributed by atoms with van der Waals surface area (Å²) in [4.78, 5) is 0. The summed E-state index contributed by atoms with van der Waals surface area (Å²) in [5.41, 5.74) is 14.8. The number of hydrogen-bond donors (Lipinski definition) is 0. The lowest BCUT2D eigenvalue weighted by Gasteiger charge is -2.11. The first-order chi connectivity index (χ1) is 57.2. The van der Waals surface area contributed by atoms with Gasteiger partial charge in [-0.05, 0) is 191 Å². The van der Waals surface area contributed by atoms with Crippen LogP contribution in [-0.4, -0.2) is 18.3 Å². The van der Waals surface area contributed by atoms with E-state index in [4.69, 9.17) is 0 Å². The van der Waals surface area contributed by atoms with Crippen LogP contribution in [0, 0.1) is 0 Å². The van der Waals surface area contributed by atoms with Crippen molar-refractivity contribution in [3.63, 3.8) is 0 Å². The van der Waals surface area contributed by atoms with E-state index in [1.165, 1.54) is 212 Å². The smallest absolute Gasteiger partial charge is 0.0719 e. The zero-order chi connectivity index (χ0) is 77.0. The van der Waals surface area contributed by atoms with E-state index >= 15 is 0 Å². The number of aromatic nitrogens is 4. The SMILES string of the molecule is Brc1ccc2c(c1)c1c3c(ccc1n2-c1ccccc1)sc1ccccc13.Brc1ccc2c(c1)c1ccc3c4ccccc4sc3c1n2-c1ccccc1.Brc1ccc2c3c4c(ccc3n(-c3ccc5c(ccc6ccccc65)c3)c2c1)sc1ccccc14.Brc1ccc2c3cc4c(cc3n(-c3ccccc3)c2c1)sc1ccccc14. The molecule has 0 aliphatic rings. The molecular formula is C104H60Br4N4S4. The van der Waals surface area contributed by atoms with Gasteiger partial charge in [-0.25, -0.2) is 0 Å². The van der Waals surface area contributed by atoms with E-state index in [0.717, 1.165) is 17.9 Å². The topological polar surface area (TPSA) is 19.7 Å². The summed E-state index contributed by atoms with van der Waals surface area (Å²) in [5, 5.41) is 26.3. The van der Waals surface area contributed by atoms with Crippen molar-refractivity contribution in [2.45, 2.75) is 0 Å². The molecule has 4 nitrogen and oxygen atoms in total. The second kappa shape index (κ2) is 28.2. The largest absolute Gasteiger partial charge is 0.309 e.